The molecule has 0 unspecified atom stereocenters. The molecule has 3 nitrogen and oxygen atoms in total. The van der Waals surface area contributed by atoms with Crippen molar-refractivity contribution in [2.45, 2.75) is 72.0 Å². The summed E-state index contributed by atoms with van der Waals surface area (Å²) in [5.41, 5.74) is 2.92. The molecule has 0 bridgehead atoms. The van der Waals surface area contributed by atoms with Gasteiger partial charge >= 0.3 is 7.12 Å². The highest BCUT2D eigenvalue weighted by molar-refractivity contribution is 6.62. The molecule has 4 heteroatoms. The van der Waals surface area contributed by atoms with Gasteiger partial charge in [0.15, 0.2) is 0 Å². The third-order valence-electron chi connectivity index (χ3n) is 4.57. The molecule has 0 atom stereocenters. The van der Waals surface area contributed by atoms with E-state index in [2.05, 4.69) is 60.4 Å². The third-order valence-corrected chi connectivity index (χ3v) is 4.57. The number of hydrogen-bond donors (Lipinski definition) is 0. The van der Waals surface area contributed by atoms with E-state index in [1.54, 1.807) is 0 Å². The third kappa shape index (κ3) is 2.51. The topological polar surface area (TPSA) is 31.4 Å². The molecule has 1 aromatic rings. The Morgan fingerprint density at radius 1 is 1.00 bits per heavy atom. The van der Waals surface area contributed by atoms with Crippen LogP contribution >= 0.6 is 0 Å². The second-order valence-corrected chi connectivity index (χ2v) is 7.74. The second-order valence-electron chi connectivity index (χ2n) is 7.74. The first-order chi connectivity index (χ1) is 8.96. The van der Waals surface area contributed by atoms with Gasteiger partial charge in [-0.05, 0) is 51.2 Å². The Kier molecular flexibility index (Phi) is 3.55. The van der Waals surface area contributed by atoms with Crippen LogP contribution in [0.5, 0.6) is 0 Å². The fraction of sp³-hybridized carbons (Fsp3) is 0.688. The lowest BCUT2D eigenvalue weighted by molar-refractivity contribution is 0.00578. The van der Waals surface area contributed by atoms with Gasteiger partial charge in [-0.2, -0.15) is 0 Å². The SMILES string of the molecule is Cc1c(B2OC(C)(C)C(C)(C)O2)cncc1C(C)(C)C. The van der Waals surface area contributed by atoms with Gasteiger partial charge in [0.1, 0.15) is 0 Å². The summed E-state index contributed by atoms with van der Waals surface area (Å²) in [6, 6.07) is 0. The van der Waals surface area contributed by atoms with Gasteiger partial charge in [-0.3, -0.25) is 4.98 Å². The smallest absolute Gasteiger partial charge is 0.399 e. The molecule has 0 amide bonds. The second kappa shape index (κ2) is 4.57. The first-order valence-electron chi connectivity index (χ1n) is 7.26. The Labute approximate surface area is 123 Å². The van der Waals surface area contributed by atoms with Crippen LogP contribution in [0.15, 0.2) is 12.4 Å². The van der Waals surface area contributed by atoms with Crippen LogP contribution in [0.25, 0.3) is 0 Å². The lowest BCUT2D eigenvalue weighted by atomic mass is 9.73. The summed E-state index contributed by atoms with van der Waals surface area (Å²) in [5, 5.41) is 0. The van der Waals surface area contributed by atoms with E-state index in [-0.39, 0.29) is 23.7 Å². The molecule has 0 radical (unpaired) electrons. The molecule has 0 spiro atoms. The lowest BCUT2D eigenvalue weighted by Gasteiger charge is -2.32. The van der Waals surface area contributed by atoms with E-state index in [0.29, 0.717) is 0 Å². The summed E-state index contributed by atoms with van der Waals surface area (Å²) in [4.78, 5) is 4.39. The minimum absolute atomic E-state index is 0.0662. The Morgan fingerprint density at radius 2 is 1.50 bits per heavy atom. The van der Waals surface area contributed by atoms with E-state index in [1.807, 2.05) is 12.4 Å². The van der Waals surface area contributed by atoms with Gasteiger partial charge in [0.2, 0.25) is 0 Å². The number of nitrogens with zero attached hydrogens (tertiary/aromatic N) is 1. The van der Waals surface area contributed by atoms with Crippen molar-refractivity contribution in [1.29, 1.82) is 0 Å². The van der Waals surface area contributed by atoms with Gasteiger partial charge in [-0.25, -0.2) is 0 Å². The monoisotopic (exact) mass is 275 g/mol. The van der Waals surface area contributed by atoms with Crippen molar-refractivity contribution in [2.24, 2.45) is 0 Å². The van der Waals surface area contributed by atoms with E-state index in [9.17, 15) is 0 Å². The van der Waals surface area contributed by atoms with Gasteiger partial charge in [-0.1, -0.05) is 20.8 Å². The van der Waals surface area contributed by atoms with Gasteiger partial charge in [0, 0.05) is 17.9 Å². The van der Waals surface area contributed by atoms with E-state index in [0.717, 1.165) is 5.46 Å². The maximum absolute atomic E-state index is 6.14. The minimum atomic E-state index is -0.338. The van der Waals surface area contributed by atoms with Crippen LogP contribution in [0.4, 0.5) is 0 Å². The van der Waals surface area contributed by atoms with Crippen LogP contribution in [-0.2, 0) is 14.7 Å². The fourth-order valence-electron chi connectivity index (χ4n) is 2.51. The standard InChI is InChI=1S/C16H26BNO2/c1-11-12(14(2,3)4)9-18-10-13(11)17-19-15(5,6)16(7,8)20-17/h9-10H,1-8H3. The molecule has 0 N–H and O–H groups in total. The number of pyridine rings is 1. The maximum atomic E-state index is 6.14. The molecule has 0 aromatic carbocycles. The summed E-state index contributed by atoms with van der Waals surface area (Å²) >= 11 is 0. The number of hydrogen-bond acceptors (Lipinski definition) is 3. The van der Waals surface area contributed by atoms with E-state index < -0.39 is 0 Å². The van der Waals surface area contributed by atoms with Crippen molar-refractivity contribution in [3.05, 3.63) is 23.5 Å². The largest absolute Gasteiger partial charge is 0.496 e. The van der Waals surface area contributed by atoms with Crippen molar-refractivity contribution in [1.82, 2.24) is 4.98 Å². The van der Waals surface area contributed by atoms with Crippen molar-refractivity contribution < 1.29 is 9.31 Å². The highest BCUT2D eigenvalue weighted by Gasteiger charge is 2.52. The van der Waals surface area contributed by atoms with E-state index >= 15 is 0 Å². The molecular weight excluding hydrogens is 249 g/mol. The zero-order valence-electron chi connectivity index (χ0n) is 14.0. The van der Waals surface area contributed by atoms with Crippen molar-refractivity contribution in [3.8, 4) is 0 Å². The summed E-state index contributed by atoms with van der Waals surface area (Å²) in [6.07, 6.45) is 3.82. The molecule has 2 rings (SSSR count). The van der Waals surface area contributed by atoms with E-state index in [1.165, 1.54) is 11.1 Å². The van der Waals surface area contributed by atoms with Gasteiger partial charge in [-0.15, -0.1) is 0 Å². The molecule has 0 saturated carbocycles. The lowest BCUT2D eigenvalue weighted by Crippen LogP contribution is -2.41. The van der Waals surface area contributed by atoms with Crippen molar-refractivity contribution in [2.75, 3.05) is 0 Å². The molecule has 0 aliphatic carbocycles. The normalized spacial score (nSPS) is 21.3. The van der Waals surface area contributed by atoms with Gasteiger partial charge in [0.25, 0.3) is 0 Å². The zero-order chi connectivity index (χ0) is 15.3. The van der Waals surface area contributed by atoms with Gasteiger partial charge in [0.05, 0.1) is 11.2 Å². The summed E-state index contributed by atoms with van der Waals surface area (Å²) in [5.74, 6) is 0. The molecule has 1 saturated heterocycles. The highest BCUT2D eigenvalue weighted by Crippen LogP contribution is 2.37. The molecule has 2 heterocycles. The van der Waals surface area contributed by atoms with Crippen LogP contribution in [0.2, 0.25) is 0 Å². The zero-order valence-corrected chi connectivity index (χ0v) is 14.0. The van der Waals surface area contributed by atoms with Crippen molar-refractivity contribution >= 4 is 12.6 Å². The Bertz CT molecular complexity index is 502. The minimum Gasteiger partial charge on any atom is -0.399 e. The summed E-state index contributed by atoms with van der Waals surface area (Å²) in [7, 11) is -0.338. The predicted molar refractivity (Wildman–Crippen MR) is 83.4 cm³/mol. The number of rotatable bonds is 1. The fourth-order valence-corrected chi connectivity index (χ4v) is 2.51. The summed E-state index contributed by atoms with van der Waals surface area (Å²) in [6.45, 7) is 17.0. The number of aromatic nitrogens is 1. The molecular formula is C16H26BNO2. The Hall–Kier alpha value is -0.865. The first kappa shape index (κ1) is 15.5. The Morgan fingerprint density at radius 3 is 1.95 bits per heavy atom. The van der Waals surface area contributed by atoms with Crippen LogP contribution < -0.4 is 5.46 Å². The Balaban J connectivity index is 2.42. The van der Waals surface area contributed by atoms with Crippen LogP contribution in [0, 0.1) is 6.92 Å². The van der Waals surface area contributed by atoms with Crippen LogP contribution in [-0.4, -0.2) is 23.3 Å². The molecule has 1 aliphatic rings. The maximum Gasteiger partial charge on any atom is 0.496 e. The molecule has 1 fully saturated rings. The first-order valence-corrected chi connectivity index (χ1v) is 7.26. The molecule has 110 valence electrons. The van der Waals surface area contributed by atoms with Crippen LogP contribution in [0.3, 0.4) is 0 Å². The average molecular weight is 275 g/mol. The molecule has 1 aromatic heterocycles. The van der Waals surface area contributed by atoms with Gasteiger partial charge < -0.3 is 9.31 Å². The molecule has 1 aliphatic heterocycles. The van der Waals surface area contributed by atoms with Crippen molar-refractivity contribution in [3.63, 3.8) is 0 Å². The molecule has 20 heavy (non-hydrogen) atoms. The highest BCUT2D eigenvalue weighted by atomic mass is 16.7. The summed E-state index contributed by atoms with van der Waals surface area (Å²) < 4.78 is 12.3. The predicted octanol–water partition coefficient (Wildman–Crippen LogP) is 2.99. The van der Waals surface area contributed by atoms with E-state index in [4.69, 9.17) is 9.31 Å². The average Bonchev–Trinajstić information content (AvgIpc) is 2.46. The quantitative estimate of drug-likeness (QED) is 0.738. The van der Waals surface area contributed by atoms with Crippen LogP contribution in [0.1, 0.15) is 59.6 Å².